The molecule has 0 bridgehead atoms. The van der Waals surface area contributed by atoms with Crippen LogP contribution in [0.5, 0.6) is 0 Å². The highest BCUT2D eigenvalue weighted by molar-refractivity contribution is 6.00. The minimum atomic E-state index is -0.336. The van der Waals surface area contributed by atoms with E-state index in [2.05, 4.69) is 10.5 Å². The van der Waals surface area contributed by atoms with E-state index >= 15 is 0 Å². The lowest BCUT2D eigenvalue weighted by atomic mass is 10.1. The minimum absolute atomic E-state index is 0.0165. The van der Waals surface area contributed by atoms with Crippen molar-refractivity contribution in [1.82, 2.24) is 10.5 Å². The van der Waals surface area contributed by atoms with Crippen LogP contribution in [0.15, 0.2) is 28.8 Å². The molecule has 4 nitrogen and oxygen atoms in total. The Morgan fingerprint density at radius 3 is 2.53 bits per heavy atom. The Hall–Kier alpha value is -2.17. The molecule has 1 amide bonds. The number of halogens is 1. The van der Waals surface area contributed by atoms with Crippen molar-refractivity contribution in [3.05, 3.63) is 41.4 Å². The molecule has 0 atom stereocenters. The van der Waals surface area contributed by atoms with Gasteiger partial charge < -0.3 is 9.84 Å². The fourth-order valence-electron chi connectivity index (χ4n) is 1.78. The number of benzene rings is 1. The summed E-state index contributed by atoms with van der Waals surface area (Å²) in [4.78, 5) is 12.1. The molecular weight excluding hydrogens is 247 g/mol. The number of aryl methyl sites for hydroxylation is 1. The first kappa shape index (κ1) is 13.3. The number of nitrogens with zero attached hydrogens (tertiary/aromatic N) is 1. The summed E-state index contributed by atoms with van der Waals surface area (Å²) in [5.41, 5.74) is 1.46. The summed E-state index contributed by atoms with van der Waals surface area (Å²) in [5, 5.41) is 6.68. The number of aromatic nitrogens is 1. The topological polar surface area (TPSA) is 55.1 Å². The summed E-state index contributed by atoms with van der Waals surface area (Å²) in [6.07, 6.45) is 0. The van der Waals surface area contributed by atoms with Gasteiger partial charge in [0.25, 0.3) is 5.91 Å². The van der Waals surface area contributed by atoms with Crippen molar-refractivity contribution >= 4 is 5.91 Å². The summed E-state index contributed by atoms with van der Waals surface area (Å²) in [6.45, 7) is 5.42. The molecule has 5 heteroatoms. The third-order valence-corrected chi connectivity index (χ3v) is 2.63. The number of carbonyl (C=O) groups excluding carboxylic acids is 1. The van der Waals surface area contributed by atoms with Crippen LogP contribution in [0.2, 0.25) is 0 Å². The predicted octanol–water partition coefficient (Wildman–Crippen LogP) is 2.93. The van der Waals surface area contributed by atoms with Gasteiger partial charge in [0.1, 0.15) is 22.8 Å². The molecule has 0 saturated heterocycles. The Kier molecular flexibility index (Phi) is 3.64. The first-order valence-corrected chi connectivity index (χ1v) is 6.02. The molecule has 0 spiro atoms. The van der Waals surface area contributed by atoms with E-state index in [1.807, 2.05) is 13.8 Å². The van der Waals surface area contributed by atoms with Gasteiger partial charge in [0.05, 0.1) is 0 Å². The van der Waals surface area contributed by atoms with Crippen LogP contribution >= 0.6 is 0 Å². The van der Waals surface area contributed by atoms with Crippen molar-refractivity contribution in [2.75, 3.05) is 0 Å². The van der Waals surface area contributed by atoms with Gasteiger partial charge in [-0.2, -0.15) is 0 Å². The van der Waals surface area contributed by atoms with E-state index < -0.39 is 0 Å². The van der Waals surface area contributed by atoms with Crippen molar-refractivity contribution in [3.8, 4) is 11.3 Å². The van der Waals surface area contributed by atoms with E-state index in [0.717, 1.165) is 0 Å². The molecule has 0 radical (unpaired) electrons. The molecule has 19 heavy (non-hydrogen) atoms. The lowest BCUT2D eigenvalue weighted by molar-refractivity contribution is 0.0942. The van der Waals surface area contributed by atoms with Gasteiger partial charge in [-0.15, -0.1) is 0 Å². The predicted molar refractivity (Wildman–Crippen MR) is 69.2 cm³/mol. The molecule has 2 aromatic rings. The van der Waals surface area contributed by atoms with Crippen molar-refractivity contribution in [2.45, 2.75) is 26.8 Å². The molecule has 0 aliphatic heterocycles. The molecule has 1 heterocycles. The van der Waals surface area contributed by atoms with Gasteiger partial charge in [-0.05, 0) is 45.0 Å². The average molecular weight is 262 g/mol. The van der Waals surface area contributed by atoms with Crippen LogP contribution in [0.3, 0.4) is 0 Å². The van der Waals surface area contributed by atoms with E-state index in [4.69, 9.17) is 4.52 Å². The zero-order valence-corrected chi connectivity index (χ0v) is 11.0. The zero-order valence-electron chi connectivity index (χ0n) is 11.0. The Labute approximate surface area is 110 Å². The van der Waals surface area contributed by atoms with Crippen LogP contribution in [0.4, 0.5) is 4.39 Å². The lowest BCUT2D eigenvalue weighted by Crippen LogP contribution is -2.30. The summed E-state index contributed by atoms with van der Waals surface area (Å²) < 4.78 is 18.0. The SMILES string of the molecule is Cc1onc(-c2ccc(F)cc2)c1C(=O)NC(C)C. The van der Waals surface area contributed by atoms with Crippen molar-refractivity contribution in [2.24, 2.45) is 0 Å². The number of rotatable bonds is 3. The third-order valence-electron chi connectivity index (χ3n) is 2.63. The number of carbonyl (C=O) groups is 1. The fourth-order valence-corrected chi connectivity index (χ4v) is 1.78. The van der Waals surface area contributed by atoms with E-state index in [-0.39, 0.29) is 17.8 Å². The number of hydrogen-bond donors (Lipinski definition) is 1. The molecule has 2 rings (SSSR count). The minimum Gasteiger partial charge on any atom is -0.360 e. The third kappa shape index (κ3) is 2.81. The van der Waals surface area contributed by atoms with Gasteiger partial charge in [0.15, 0.2) is 0 Å². The Balaban J connectivity index is 2.42. The van der Waals surface area contributed by atoms with Crippen LogP contribution in [0, 0.1) is 12.7 Å². The Bertz CT molecular complexity index is 588. The van der Waals surface area contributed by atoms with Crippen molar-refractivity contribution < 1.29 is 13.7 Å². The highest BCUT2D eigenvalue weighted by Crippen LogP contribution is 2.25. The van der Waals surface area contributed by atoms with Crippen LogP contribution in [-0.4, -0.2) is 17.1 Å². The first-order valence-electron chi connectivity index (χ1n) is 6.02. The van der Waals surface area contributed by atoms with E-state index in [1.54, 1.807) is 19.1 Å². The summed E-state index contributed by atoms with van der Waals surface area (Å²) >= 11 is 0. The normalized spacial score (nSPS) is 10.8. The Morgan fingerprint density at radius 2 is 1.95 bits per heavy atom. The molecule has 0 fully saturated rings. The summed E-state index contributed by atoms with van der Waals surface area (Å²) in [5.74, 6) is -0.136. The molecular formula is C14H15FN2O2. The quantitative estimate of drug-likeness (QED) is 0.925. The molecule has 0 unspecified atom stereocenters. The second-order valence-corrected chi connectivity index (χ2v) is 4.60. The van der Waals surface area contributed by atoms with Gasteiger partial charge >= 0.3 is 0 Å². The highest BCUT2D eigenvalue weighted by atomic mass is 19.1. The largest absolute Gasteiger partial charge is 0.360 e. The average Bonchev–Trinajstić information content (AvgIpc) is 2.71. The maximum absolute atomic E-state index is 12.9. The van der Waals surface area contributed by atoms with Crippen LogP contribution in [0.1, 0.15) is 30.0 Å². The van der Waals surface area contributed by atoms with Gasteiger partial charge in [-0.1, -0.05) is 5.16 Å². The smallest absolute Gasteiger partial charge is 0.257 e. The molecule has 100 valence electrons. The van der Waals surface area contributed by atoms with E-state index in [9.17, 15) is 9.18 Å². The molecule has 1 aromatic carbocycles. The zero-order chi connectivity index (χ0) is 14.0. The van der Waals surface area contributed by atoms with E-state index in [0.29, 0.717) is 22.6 Å². The van der Waals surface area contributed by atoms with Gasteiger partial charge in [0.2, 0.25) is 0 Å². The van der Waals surface area contributed by atoms with Gasteiger partial charge in [-0.25, -0.2) is 4.39 Å². The summed E-state index contributed by atoms with van der Waals surface area (Å²) in [6, 6.07) is 5.80. The van der Waals surface area contributed by atoms with Crippen molar-refractivity contribution in [1.29, 1.82) is 0 Å². The first-order chi connectivity index (χ1) is 8.99. The monoisotopic (exact) mass is 262 g/mol. The standard InChI is InChI=1S/C14H15FN2O2/c1-8(2)16-14(18)12-9(3)19-17-13(12)10-4-6-11(15)7-5-10/h4-8H,1-3H3,(H,16,18). The van der Waals surface area contributed by atoms with Crippen LogP contribution in [-0.2, 0) is 0 Å². The van der Waals surface area contributed by atoms with Gasteiger partial charge in [-0.3, -0.25) is 4.79 Å². The molecule has 1 N–H and O–H groups in total. The molecule has 0 aliphatic carbocycles. The second-order valence-electron chi connectivity index (χ2n) is 4.60. The fraction of sp³-hybridized carbons (Fsp3) is 0.286. The number of hydrogen-bond acceptors (Lipinski definition) is 3. The van der Waals surface area contributed by atoms with Crippen LogP contribution in [0.25, 0.3) is 11.3 Å². The lowest BCUT2D eigenvalue weighted by Gasteiger charge is -2.08. The maximum atomic E-state index is 12.9. The number of amides is 1. The molecule has 1 aromatic heterocycles. The maximum Gasteiger partial charge on any atom is 0.257 e. The molecule has 0 saturated carbocycles. The highest BCUT2D eigenvalue weighted by Gasteiger charge is 2.21. The second kappa shape index (κ2) is 5.22. The molecule has 0 aliphatic rings. The van der Waals surface area contributed by atoms with Crippen LogP contribution < -0.4 is 5.32 Å². The van der Waals surface area contributed by atoms with Gasteiger partial charge in [0, 0.05) is 11.6 Å². The van der Waals surface area contributed by atoms with E-state index in [1.165, 1.54) is 12.1 Å². The summed E-state index contributed by atoms with van der Waals surface area (Å²) in [7, 11) is 0. The number of nitrogens with one attached hydrogen (secondary N) is 1. The van der Waals surface area contributed by atoms with Crippen molar-refractivity contribution in [3.63, 3.8) is 0 Å². The Morgan fingerprint density at radius 1 is 1.32 bits per heavy atom.